The number of carbonyl (C=O) groups is 1. The Morgan fingerprint density at radius 1 is 1.15 bits per heavy atom. The summed E-state index contributed by atoms with van der Waals surface area (Å²) < 4.78 is 1.32. The number of anilines is 2. The first-order valence-electron chi connectivity index (χ1n) is 9.68. The summed E-state index contributed by atoms with van der Waals surface area (Å²) in [6, 6.07) is 11.0. The van der Waals surface area contributed by atoms with Gasteiger partial charge in [0.1, 0.15) is 6.04 Å². The average Bonchev–Trinajstić information content (AvgIpc) is 2.96. The van der Waals surface area contributed by atoms with E-state index >= 15 is 0 Å². The van der Waals surface area contributed by atoms with Gasteiger partial charge in [0.25, 0.3) is 5.56 Å². The molecule has 0 bridgehead atoms. The van der Waals surface area contributed by atoms with Crippen LogP contribution in [0.5, 0.6) is 0 Å². The van der Waals surface area contributed by atoms with Gasteiger partial charge in [-0.05, 0) is 36.5 Å². The van der Waals surface area contributed by atoms with Gasteiger partial charge in [-0.2, -0.15) is 5.10 Å². The number of hydrogen-bond donors (Lipinski definition) is 0. The number of amides is 1. The fourth-order valence-electron chi connectivity index (χ4n) is 4.42. The highest BCUT2D eigenvalue weighted by Gasteiger charge is 2.44. The van der Waals surface area contributed by atoms with Crippen molar-refractivity contribution in [2.24, 2.45) is 13.0 Å². The van der Waals surface area contributed by atoms with Gasteiger partial charge in [0, 0.05) is 37.8 Å². The molecule has 2 aliphatic heterocycles. The van der Waals surface area contributed by atoms with Gasteiger partial charge in [-0.25, -0.2) is 4.68 Å². The van der Waals surface area contributed by atoms with E-state index in [2.05, 4.69) is 25.0 Å². The van der Waals surface area contributed by atoms with E-state index in [1.807, 2.05) is 28.0 Å². The van der Waals surface area contributed by atoms with Crippen LogP contribution in [0.4, 0.5) is 11.5 Å². The Labute approximate surface area is 159 Å². The van der Waals surface area contributed by atoms with Crippen LogP contribution in [0.2, 0.25) is 0 Å². The second kappa shape index (κ2) is 6.83. The van der Waals surface area contributed by atoms with Crippen molar-refractivity contribution in [2.75, 3.05) is 18.0 Å². The average molecular weight is 366 g/mol. The van der Waals surface area contributed by atoms with Crippen molar-refractivity contribution in [1.82, 2.24) is 14.7 Å². The van der Waals surface area contributed by atoms with Crippen molar-refractivity contribution < 1.29 is 4.79 Å². The summed E-state index contributed by atoms with van der Waals surface area (Å²) >= 11 is 0. The minimum absolute atomic E-state index is 0.0602. The van der Waals surface area contributed by atoms with E-state index in [0.29, 0.717) is 11.7 Å². The van der Waals surface area contributed by atoms with Crippen molar-refractivity contribution in [2.45, 2.75) is 38.6 Å². The minimum atomic E-state index is -0.335. The van der Waals surface area contributed by atoms with Gasteiger partial charge in [-0.3, -0.25) is 9.59 Å². The summed E-state index contributed by atoms with van der Waals surface area (Å²) in [6.45, 7) is 5.94. The van der Waals surface area contributed by atoms with Gasteiger partial charge in [0.05, 0.1) is 0 Å². The van der Waals surface area contributed by atoms with E-state index in [1.165, 1.54) is 17.2 Å². The lowest BCUT2D eigenvalue weighted by atomic mass is 9.94. The van der Waals surface area contributed by atoms with Crippen LogP contribution in [0.1, 0.15) is 38.2 Å². The van der Waals surface area contributed by atoms with Gasteiger partial charge < -0.3 is 9.80 Å². The van der Waals surface area contributed by atoms with Crippen LogP contribution in [0, 0.1) is 5.92 Å². The second-order valence-corrected chi connectivity index (χ2v) is 7.85. The molecule has 1 aromatic heterocycles. The standard InChI is InChI=1S/C21H26N4O2/c1-14-7-6-12-24(13-14)21(27)20-15(2)16-8-4-5-9-17(16)25(20)18-10-11-19(26)23(3)22-18/h4-5,8-11,14-15,20H,6-7,12-13H2,1-3H3/t14-,15?,20?/m0/s1. The Morgan fingerprint density at radius 3 is 2.67 bits per heavy atom. The van der Waals surface area contributed by atoms with Crippen LogP contribution in [-0.4, -0.2) is 39.7 Å². The fourth-order valence-corrected chi connectivity index (χ4v) is 4.42. The summed E-state index contributed by atoms with van der Waals surface area (Å²) in [6.07, 6.45) is 2.23. The molecule has 0 aliphatic carbocycles. The predicted molar refractivity (Wildman–Crippen MR) is 105 cm³/mol. The fraction of sp³-hybridized carbons (Fsp3) is 0.476. The SMILES string of the molecule is CC1c2ccccc2N(c2ccc(=O)n(C)n2)C1C(=O)N1CCC[C@H](C)C1. The van der Waals surface area contributed by atoms with Crippen LogP contribution < -0.4 is 10.5 Å². The van der Waals surface area contributed by atoms with Gasteiger partial charge >= 0.3 is 0 Å². The molecule has 0 radical (unpaired) electrons. The number of fused-ring (bicyclic) bond motifs is 1. The van der Waals surface area contributed by atoms with Gasteiger partial charge in [0.15, 0.2) is 5.82 Å². The Bertz CT molecular complexity index is 922. The minimum Gasteiger partial charge on any atom is -0.341 e. The summed E-state index contributed by atoms with van der Waals surface area (Å²) in [5.41, 5.74) is 1.99. The van der Waals surface area contributed by atoms with Crippen LogP contribution in [-0.2, 0) is 11.8 Å². The molecule has 27 heavy (non-hydrogen) atoms. The molecule has 6 nitrogen and oxygen atoms in total. The second-order valence-electron chi connectivity index (χ2n) is 7.85. The van der Waals surface area contributed by atoms with E-state index in [1.54, 1.807) is 13.1 Å². The van der Waals surface area contributed by atoms with Gasteiger partial charge in [-0.1, -0.05) is 32.0 Å². The lowest BCUT2D eigenvalue weighted by molar-refractivity contribution is -0.134. The molecule has 3 atom stereocenters. The molecule has 142 valence electrons. The molecule has 4 rings (SSSR count). The zero-order valence-corrected chi connectivity index (χ0v) is 16.1. The van der Waals surface area contributed by atoms with E-state index < -0.39 is 0 Å². The highest BCUT2D eigenvalue weighted by atomic mass is 16.2. The van der Waals surface area contributed by atoms with Crippen LogP contribution in [0.25, 0.3) is 0 Å². The highest BCUT2D eigenvalue weighted by Crippen LogP contribution is 2.45. The van der Waals surface area contributed by atoms with E-state index in [4.69, 9.17) is 0 Å². The maximum atomic E-state index is 13.5. The molecule has 2 unspecified atom stereocenters. The Balaban J connectivity index is 1.77. The molecule has 1 saturated heterocycles. The molecule has 1 fully saturated rings. The number of piperidine rings is 1. The Morgan fingerprint density at radius 2 is 1.93 bits per heavy atom. The van der Waals surface area contributed by atoms with Crippen LogP contribution in [0.15, 0.2) is 41.2 Å². The lowest BCUT2D eigenvalue weighted by Crippen LogP contribution is -2.50. The van der Waals surface area contributed by atoms with Gasteiger partial charge in [0.2, 0.25) is 5.91 Å². The number of aromatic nitrogens is 2. The number of likely N-dealkylation sites (tertiary alicyclic amines) is 1. The lowest BCUT2D eigenvalue weighted by Gasteiger charge is -2.36. The molecule has 3 heterocycles. The normalized spacial score (nSPS) is 24.8. The zero-order valence-electron chi connectivity index (χ0n) is 16.1. The molecular formula is C21H26N4O2. The summed E-state index contributed by atoms with van der Waals surface area (Å²) in [5, 5.41) is 4.44. The third kappa shape index (κ3) is 3.03. The van der Waals surface area contributed by atoms with E-state index in [-0.39, 0.29) is 23.4 Å². The Kier molecular flexibility index (Phi) is 4.50. The van der Waals surface area contributed by atoms with Crippen molar-refractivity contribution in [3.63, 3.8) is 0 Å². The first-order chi connectivity index (χ1) is 13.0. The molecule has 0 saturated carbocycles. The van der Waals surface area contributed by atoms with Gasteiger partial charge in [-0.15, -0.1) is 0 Å². The predicted octanol–water partition coefficient (Wildman–Crippen LogP) is 2.66. The maximum absolute atomic E-state index is 13.5. The molecular weight excluding hydrogens is 340 g/mol. The number of nitrogens with zero attached hydrogens (tertiary/aromatic N) is 4. The number of hydrogen-bond acceptors (Lipinski definition) is 4. The maximum Gasteiger partial charge on any atom is 0.266 e. The first kappa shape index (κ1) is 17.8. The summed E-state index contributed by atoms with van der Waals surface area (Å²) in [4.78, 5) is 29.4. The van der Waals surface area contributed by atoms with E-state index in [9.17, 15) is 9.59 Å². The monoisotopic (exact) mass is 366 g/mol. The number of aryl methyl sites for hydroxylation is 1. The molecule has 2 aromatic rings. The quantitative estimate of drug-likeness (QED) is 0.820. The van der Waals surface area contributed by atoms with Crippen LogP contribution in [0.3, 0.4) is 0 Å². The number of benzene rings is 1. The highest BCUT2D eigenvalue weighted by molar-refractivity contribution is 5.92. The molecule has 6 heteroatoms. The van der Waals surface area contributed by atoms with Crippen molar-refractivity contribution in [3.8, 4) is 0 Å². The topological polar surface area (TPSA) is 58.4 Å². The largest absolute Gasteiger partial charge is 0.341 e. The van der Waals surface area contributed by atoms with Crippen molar-refractivity contribution >= 4 is 17.4 Å². The summed E-state index contributed by atoms with van der Waals surface area (Å²) in [7, 11) is 1.64. The number of para-hydroxylation sites is 1. The third-order valence-electron chi connectivity index (χ3n) is 5.85. The number of carbonyl (C=O) groups excluding carboxylic acids is 1. The van der Waals surface area contributed by atoms with Crippen molar-refractivity contribution in [3.05, 3.63) is 52.3 Å². The zero-order chi connectivity index (χ0) is 19.1. The molecule has 1 aromatic carbocycles. The number of rotatable bonds is 2. The Hall–Kier alpha value is -2.63. The van der Waals surface area contributed by atoms with Crippen LogP contribution >= 0.6 is 0 Å². The first-order valence-corrected chi connectivity index (χ1v) is 9.68. The smallest absolute Gasteiger partial charge is 0.266 e. The molecule has 2 aliphatic rings. The van der Waals surface area contributed by atoms with Crippen molar-refractivity contribution in [1.29, 1.82) is 0 Å². The molecule has 0 N–H and O–H groups in total. The summed E-state index contributed by atoms with van der Waals surface area (Å²) in [5.74, 6) is 1.38. The molecule has 1 amide bonds. The molecule has 0 spiro atoms. The van der Waals surface area contributed by atoms with E-state index in [0.717, 1.165) is 30.8 Å². The third-order valence-corrected chi connectivity index (χ3v) is 5.85.